The molecule has 5 heteroatoms. The molecule has 1 aromatic carbocycles. The van der Waals surface area contributed by atoms with Crippen LogP contribution < -0.4 is 14.8 Å². The van der Waals surface area contributed by atoms with E-state index in [-0.39, 0.29) is 5.91 Å². The summed E-state index contributed by atoms with van der Waals surface area (Å²) in [5, 5.41) is 3.17. The fourth-order valence-electron chi connectivity index (χ4n) is 2.53. The number of rotatable bonds is 3. The molecular formula is C15H20N2O3. The zero-order chi connectivity index (χ0) is 13.8. The van der Waals surface area contributed by atoms with Crippen molar-refractivity contribution in [3.05, 3.63) is 18.2 Å². The van der Waals surface area contributed by atoms with E-state index in [2.05, 4.69) is 5.32 Å². The molecule has 2 aliphatic rings. The second-order valence-corrected chi connectivity index (χ2v) is 5.15. The van der Waals surface area contributed by atoms with Crippen LogP contribution in [0.1, 0.15) is 19.3 Å². The number of hydrogen-bond acceptors (Lipinski definition) is 4. The smallest absolute Gasteiger partial charge is 0.241 e. The maximum absolute atomic E-state index is 12.0. The summed E-state index contributed by atoms with van der Waals surface area (Å²) < 4.78 is 11.2. The molecule has 3 rings (SSSR count). The third-order valence-electron chi connectivity index (χ3n) is 3.65. The van der Waals surface area contributed by atoms with E-state index in [0.29, 0.717) is 19.8 Å². The minimum atomic E-state index is 0.162. The first-order valence-electron chi connectivity index (χ1n) is 7.24. The number of amides is 1. The van der Waals surface area contributed by atoms with Crippen molar-refractivity contribution < 1.29 is 14.3 Å². The Labute approximate surface area is 118 Å². The van der Waals surface area contributed by atoms with Crippen molar-refractivity contribution in [1.82, 2.24) is 4.90 Å². The number of anilines is 1. The summed E-state index contributed by atoms with van der Waals surface area (Å²) in [5.41, 5.74) is 0.891. The lowest BCUT2D eigenvalue weighted by atomic mass is 10.2. The molecule has 20 heavy (non-hydrogen) atoms. The highest BCUT2D eigenvalue weighted by atomic mass is 16.5. The van der Waals surface area contributed by atoms with Crippen LogP contribution in [0.25, 0.3) is 0 Å². The number of ether oxygens (including phenoxy) is 2. The van der Waals surface area contributed by atoms with Gasteiger partial charge < -0.3 is 19.7 Å². The van der Waals surface area contributed by atoms with Gasteiger partial charge >= 0.3 is 0 Å². The molecule has 108 valence electrons. The number of carbonyl (C=O) groups excluding carboxylic acids is 1. The van der Waals surface area contributed by atoms with Gasteiger partial charge in [0.25, 0.3) is 0 Å². The fraction of sp³-hybridized carbons (Fsp3) is 0.533. The Morgan fingerprint density at radius 1 is 1.10 bits per heavy atom. The zero-order valence-electron chi connectivity index (χ0n) is 11.6. The Balaban J connectivity index is 1.60. The number of nitrogens with zero attached hydrogens (tertiary/aromatic N) is 1. The maximum atomic E-state index is 12.0. The van der Waals surface area contributed by atoms with E-state index in [1.54, 1.807) is 0 Å². The third-order valence-corrected chi connectivity index (χ3v) is 3.65. The van der Waals surface area contributed by atoms with Gasteiger partial charge in [0.2, 0.25) is 5.91 Å². The van der Waals surface area contributed by atoms with Crippen molar-refractivity contribution in [2.75, 3.05) is 38.2 Å². The number of hydrogen-bond donors (Lipinski definition) is 1. The van der Waals surface area contributed by atoms with E-state index in [4.69, 9.17) is 9.47 Å². The lowest BCUT2D eigenvalue weighted by Crippen LogP contribution is -2.32. The van der Waals surface area contributed by atoms with E-state index < -0.39 is 0 Å². The molecule has 1 amide bonds. The minimum Gasteiger partial charge on any atom is -0.490 e. The minimum absolute atomic E-state index is 0.162. The molecule has 0 unspecified atom stereocenters. The van der Waals surface area contributed by atoms with Gasteiger partial charge in [-0.05, 0) is 25.0 Å². The molecule has 0 bridgehead atoms. The zero-order valence-corrected chi connectivity index (χ0v) is 11.6. The summed E-state index contributed by atoms with van der Waals surface area (Å²) in [6, 6.07) is 5.71. The fourth-order valence-corrected chi connectivity index (χ4v) is 2.53. The first-order valence-corrected chi connectivity index (χ1v) is 7.24. The van der Waals surface area contributed by atoms with E-state index in [0.717, 1.165) is 49.5 Å². The molecule has 0 aliphatic carbocycles. The number of benzene rings is 1. The van der Waals surface area contributed by atoms with E-state index in [1.165, 1.54) is 0 Å². The van der Waals surface area contributed by atoms with Crippen LogP contribution in [0.3, 0.4) is 0 Å². The summed E-state index contributed by atoms with van der Waals surface area (Å²) in [4.78, 5) is 13.9. The Bertz CT molecular complexity index is 484. The Hall–Kier alpha value is -1.91. The van der Waals surface area contributed by atoms with Gasteiger partial charge in [-0.2, -0.15) is 0 Å². The first-order chi connectivity index (χ1) is 9.83. The maximum Gasteiger partial charge on any atom is 0.241 e. The highest BCUT2D eigenvalue weighted by Gasteiger charge is 2.17. The number of carbonyl (C=O) groups is 1. The summed E-state index contributed by atoms with van der Waals surface area (Å²) >= 11 is 0. The van der Waals surface area contributed by atoms with Crippen molar-refractivity contribution in [3.8, 4) is 11.5 Å². The van der Waals surface area contributed by atoms with Crippen LogP contribution in [0, 0.1) is 0 Å². The lowest BCUT2D eigenvalue weighted by Gasteiger charge is -2.16. The van der Waals surface area contributed by atoms with Crippen molar-refractivity contribution in [2.24, 2.45) is 0 Å². The molecular weight excluding hydrogens is 256 g/mol. The van der Waals surface area contributed by atoms with Gasteiger partial charge in [-0.25, -0.2) is 0 Å². The molecule has 0 radical (unpaired) electrons. The molecule has 1 aromatic rings. The Kier molecular flexibility index (Phi) is 3.95. The molecule has 5 nitrogen and oxygen atoms in total. The molecule has 0 atom stereocenters. The molecule has 1 N–H and O–H groups in total. The number of likely N-dealkylation sites (tertiary alicyclic amines) is 1. The predicted molar refractivity (Wildman–Crippen MR) is 76.4 cm³/mol. The molecule has 2 heterocycles. The van der Waals surface area contributed by atoms with Crippen LogP contribution in [0.5, 0.6) is 11.5 Å². The van der Waals surface area contributed by atoms with Crippen LogP contribution in [0.15, 0.2) is 18.2 Å². The summed E-state index contributed by atoms with van der Waals surface area (Å²) in [6.45, 7) is 3.47. The van der Waals surface area contributed by atoms with Crippen molar-refractivity contribution in [1.29, 1.82) is 0 Å². The largest absolute Gasteiger partial charge is 0.490 e. The quantitative estimate of drug-likeness (QED) is 0.916. The lowest BCUT2D eigenvalue weighted by molar-refractivity contribution is -0.128. The molecule has 0 saturated carbocycles. The highest BCUT2D eigenvalue weighted by Crippen LogP contribution is 2.32. The van der Waals surface area contributed by atoms with Crippen molar-refractivity contribution in [3.63, 3.8) is 0 Å². The standard InChI is InChI=1S/C15H20N2O3/c18-15(17-6-1-2-7-17)11-16-12-4-5-13-14(10-12)20-9-3-8-19-13/h4-5,10,16H,1-3,6-9,11H2. The van der Waals surface area contributed by atoms with Gasteiger partial charge in [-0.3, -0.25) is 4.79 Å². The predicted octanol–water partition coefficient (Wildman–Crippen LogP) is 1.88. The van der Waals surface area contributed by atoms with Crippen LogP contribution in [0.4, 0.5) is 5.69 Å². The van der Waals surface area contributed by atoms with Crippen LogP contribution >= 0.6 is 0 Å². The van der Waals surface area contributed by atoms with Crippen LogP contribution in [-0.2, 0) is 4.79 Å². The normalized spacial score (nSPS) is 17.7. The summed E-state index contributed by atoms with van der Waals surface area (Å²) in [7, 11) is 0. The SMILES string of the molecule is O=C(CNc1ccc2c(c1)OCCCO2)N1CCCC1. The Morgan fingerprint density at radius 2 is 1.85 bits per heavy atom. The van der Waals surface area contributed by atoms with Gasteiger partial charge in [-0.1, -0.05) is 0 Å². The topological polar surface area (TPSA) is 50.8 Å². The highest BCUT2D eigenvalue weighted by molar-refractivity contribution is 5.81. The average Bonchev–Trinajstić information content (AvgIpc) is 2.90. The number of fused-ring (bicyclic) bond motifs is 1. The van der Waals surface area contributed by atoms with Crippen molar-refractivity contribution >= 4 is 11.6 Å². The molecule has 0 aromatic heterocycles. The van der Waals surface area contributed by atoms with E-state index in [1.807, 2.05) is 23.1 Å². The van der Waals surface area contributed by atoms with Crippen LogP contribution in [0.2, 0.25) is 0 Å². The van der Waals surface area contributed by atoms with E-state index >= 15 is 0 Å². The summed E-state index contributed by atoms with van der Waals surface area (Å²) in [5.74, 6) is 1.69. The van der Waals surface area contributed by atoms with Gasteiger partial charge in [0.15, 0.2) is 11.5 Å². The first kappa shape index (κ1) is 13.1. The Morgan fingerprint density at radius 3 is 2.65 bits per heavy atom. The second kappa shape index (κ2) is 6.03. The molecule has 1 saturated heterocycles. The monoisotopic (exact) mass is 276 g/mol. The summed E-state index contributed by atoms with van der Waals surface area (Å²) in [6.07, 6.45) is 3.14. The number of nitrogens with one attached hydrogen (secondary N) is 1. The second-order valence-electron chi connectivity index (χ2n) is 5.15. The molecule has 1 fully saturated rings. The van der Waals surface area contributed by atoms with Crippen LogP contribution in [-0.4, -0.2) is 43.7 Å². The van der Waals surface area contributed by atoms with Gasteiger partial charge in [-0.15, -0.1) is 0 Å². The molecule has 2 aliphatic heterocycles. The van der Waals surface area contributed by atoms with E-state index in [9.17, 15) is 4.79 Å². The molecule has 0 spiro atoms. The third kappa shape index (κ3) is 2.98. The average molecular weight is 276 g/mol. The van der Waals surface area contributed by atoms with Gasteiger partial charge in [0, 0.05) is 31.3 Å². The van der Waals surface area contributed by atoms with Gasteiger partial charge in [0.1, 0.15) is 0 Å². The van der Waals surface area contributed by atoms with Crippen molar-refractivity contribution in [2.45, 2.75) is 19.3 Å². The van der Waals surface area contributed by atoms with Gasteiger partial charge in [0.05, 0.1) is 19.8 Å².